The van der Waals surface area contributed by atoms with Crippen LogP contribution < -0.4 is 25.6 Å². The van der Waals surface area contributed by atoms with E-state index >= 15 is 8.78 Å². The number of aromatic nitrogens is 3. The maximum atomic E-state index is 16.1. The van der Waals surface area contributed by atoms with Crippen molar-refractivity contribution in [1.82, 2.24) is 30.3 Å². The molecule has 1 saturated heterocycles. The van der Waals surface area contributed by atoms with Gasteiger partial charge in [0.25, 0.3) is 5.92 Å². The van der Waals surface area contributed by atoms with Crippen LogP contribution in [0.2, 0.25) is 5.02 Å². The molecule has 4 atom stereocenters. The van der Waals surface area contributed by atoms with Gasteiger partial charge in [-0.05, 0) is 70.4 Å². The van der Waals surface area contributed by atoms with E-state index in [9.17, 15) is 18.5 Å². The van der Waals surface area contributed by atoms with E-state index in [1.165, 1.54) is 66.1 Å². The van der Waals surface area contributed by atoms with Crippen molar-refractivity contribution in [3.05, 3.63) is 116 Å². The Morgan fingerprint density at radius 1 is 1.12 bits per heavy atom. The Labute approximate surface area is 395 Å². The number of methoxy groups -OCH3 is 1. The number of nitrogen functional groups attached to an aromatic ring is 1. The number of alkyl halides is 2. The van der Waals surface area contributed by atoms with Crippen LogP contribution in [0.15, 0.2) is 88.4 Å². The second kappa shape index (κ2) is 21.3. The Morgan fingerprint density at radius 3 is 2.60 bits per heavy atom. The molecule has 4 aromatic rings. The number of benzene rings is 2. The quantitative estimate of drug-likeness (QED) is 0.0645. The number of amidine groups is 1. The fourth-order valence-electron chi connectivity index (χ4n) is 8.02. The highest BCUT2D eigenvalue weighted by Gasteiger charge is 2.49. The lowest BCUT2D eigenvalue weighted by Gasteiger charge is -2.29. The number of thiazole rings is 1. The third-order valence-electron chi connectivity index (χ3n) is 11.1. The van der Waals surface area contributed by atoms with Crippen molar-refractivity contribution in [3.8, 4) is 5.75 Å². The maximum Gasteiger partial charge on any atom is 0.341 e. The van der Waals surface area contributed by atoms with Crippen LogP contribution in [0.5, 0.6) is 5.75 Å². The number of allylic oxidation sites excluding steroid dienone is 1. The first-order chi connectivity index (χ1) is 31.9. The molecule has 0 spiro atoms. The number of esters is 2. The van der Waals surface area contributed by atoms with E-state index in [2.05, 4.69) is 25.4 Å². The monoisotopic (exact) mass is 985 g/mol. The van der Waals surface area contributed by atoms with E-state index in [1.54, 1.807) is 25.4 Å². The molecule has 22 heteroatoms. The molecule has 3 unspecified atom stereocenters. The number of nitrogens with two attached hydrogens (primary N) is 1. The van der Waals surface area contributed by atoms with Crippen molar-refractivity contribution in [3.63, 3.8) is 0 Å². The van der Waals surface area contributed by atoms with Gasteiger partial charge in [-0.3, -0.25) is 19.3 Å². The first-order valence-corrected chi connectivity index (χ1v) is 24.6. The van der Waals surface area contributed by atoms with Crippen molar-refractivity contribution in [2.45, 2.75) is 77.0 Å². The number of rotatable bonds is 18. The molecule has 0 bridgehead atoms. The Morgan fingerprint density at radius 2 is 1.90 bits per heavy atom. The number of hydrogen-bond acceptors (Lipinski definition) is 16. The number of halogens is 4. The Balaban J connectivity index is 1.07. The van der Waals surface area contributed by atoms with E-state index < -0.39 is 62.2 Å². The van der Waals surface area contributed by atoms with Crippen LogP contribution in [0.1, 0.15) is 74.2 Å². The van der Waals surface area contributed by atoms with Gasteiger partial charge in [-0.1, -0.05) is 35.4 Å². The number of nitrogens with one attached hydrogen (secondary N) is 2. The van der Waals surface area contributed by atoms with Gasteiger partial charge in [-0.25, -0.2) is 38.0 Å². The highest BCUT2D eigenvalue weighted by molar-refractivity contribution is 7.57. The number of anilines is 2. The molecule has 0 radical (unpaired) electrons. The standard InChI is InChI=1S/C45H52ClF3N9O7PS/c1-26(2)64-37(59)14-15-54-66(61,25-63-28(4)20-58-19-27(3)6-12-33-40(50)52-24-53-42(33)58)65-31-10-7-29(8-11-31)34-21-57(23-45(34,48)49)22-36-38(44(60)62-5)39(32-13-9-30(47)18-35(32)46)56-41(55-36)43-51-16-17-67-43/h7-11,13,16-19,24,26,28,34,39H,6,12,14-15,20-23,25H2,1-5H3,(H,54,61)(H,55,56)(H2,50,52,53)/t28-,34?,39?,66?/m1/s1. The van der Waals surface area contributed by atoms with E-state index in [4.69, 9.17) is 41.1 Å². The van der Waals surface area contributed by atoms with Crippen molar-refractivity contribution >= 4 is 59.9 Å². The van der Waals surface area contributed by atoms with Crippen LogP contribution in [0, 0.1) is 5.82 Å². The molecule has 3 aliphatic rings. The van der Waals surface area contributed by atoms with Crippen LogP contribution in [0.4, 0.5) is 24.8 Å². The van der Waals surface area contributed by atoms with Gasteiger partial charge in [-0.15, -0.1) is 11.3 Å². The lowest BCUT2D eigenvalue weighted by Crippen LogP contribution is -2.39. The van der Waals surface area contributed by atoms with Gasteiger partial charge < -0.3 is 34.7 Å². The first-order valence-electron chi connectivity index (χ1n) is 21.5. The van der Waals surface area contributed by atoms with Crippen LogP contribution >= 0.6 is 30.5 Å². The summed E-state index contributed by atoms with van der Waals surface area (Å²) < 4.78 is 83.4. The summed E-state index contributed by atoms with van der Waals surface area (Å²) in [6.45, 7) is 6.61. The molecule has 0 amide bonds. The molecule has 3 aliphatic heterocycles. The molecule has 16 nitrogen and oxygen atoms in total. The zero-order chi connectivity index (χ0) is 48.0. The molecule has 67 heavy (non-hydrogen) atoms. The average molecular weight is 986 g/mol. The molecular weight excluding hydrogens is 934 g/mol. The number of ether oxygens (including phenoxy) is 3. The summed E-state index contributed by atoms with van der Waals surface area (Å²) in [5, 5.41) is 8.22. The third-order valence-corrected chi connectivity index (χ3v) is 13.9. The molecule has 2 aromatic heterocycles. The molecule has 4 N–H and O–H groups in total. The molecule has 5 heterocycles. The highest BCUT2D eigenvalue weighted by atomic mass is 35.5. The minimum atomic E-state index is -3.91. The molecule has 7 rings (SSSR count). The molecular formula is C45H52ClF3N9O7PS. The number of carbonyl (C=O) groups excluding carboxylic acids is 2. The summed E-state index contributed by atoms with van der Waals surface area (Å²) in [5.74, 6) is -4.92. The highest BCUT2D eigenvalue weighted by Crippen LogP contribution is 2.46. The molecule has 2 aromatic carbocycles. The van der Waals surface area contributed by atoms with Crippen LogP contribution in [0.25, 0.3) is 0 Å². The fourth-order valence-corrected chi connectivity index (χ4v) is 10.5. The third kappa shape index (κ3) is 12.2. The van der Waals surface area contributed by atoms with Crippen molar-refractivity contribution in [2.75, 3.05) is 56.8 Å². The van der Waals surface area contributed by atoms with E-state index in [-0.39, 0.29) is 65.6 Å². The van der Waals surface area contributed by atoms with Gasteiger partial charge in [0.1, 0.15) is 41.9 Å². The van der Waals surface area contributed by atoms with E-state index in [0.717, 1.165) is 23.6 Å². The number of carbonyl (C=O) groups is 2. The second-order valence-corrected chi connectivity index (χ2v) is 20.1. The Kier molecular flexibility index (Phi) is 15.7. The molecule has 0 saturated carbocycles. The van der Waals surface area contributed by atoms with E-state index in [0.29, 0.717) is 35.2 Å². The minimum Gasteiger partial charge on any atom is -0.466 e. The largest absolute Gasteiger partial charge is 0.466 e. The topological polar surface area (TPSA) is 196 Å². The van der Waals surface area contributed by atoms with Crippen molar-refractivity contribution in [1.29, 1.82) is 0 Å². The molecule has 358 valence electrons. The zero-order valence-electron chi connectivity index (χ0n) is 37.5. The van der Waals surface area contributed by atoms with Crippen molar-refractivity contribution < 1.29 is 46.1 Å². The van der Waals surface area contributed by atoms with Gasteiger partial charge in [0.2, 0.25) is 0 Å². The Hall–Kier alpha value is -5.37. The van der Waals surface area contributed by atoms with E-state index in [1.807, 2.05) is 24.9 Å². The van der Waals surface area contributed by atoms with Gasteiger partial charge in [0, 0.05) is 59.3 Å². The summed E-state index contributed by atoms with van der Waals surface area (Å²) >= 11 is 7.76. The average Bonchev–Trinajstić information content (AvgIpc) is 3.88. The number of hydrogen-bond donors (Lipinski definition) is 3. The first kappa shape index (κ1) is 49.5. The molecule has 1 fully saturated rings. The summed E-state index contributed by atoms with van der Waals surface area (Å²) in [7, 11) is -2.72. The van der Waals surface area contributed by atoms with Gasteiger partial charge >= 0.3 is 19.5 Å². The summed E-state index contributed by atoms with van der Waals surface area (Å²) in [4.78, 5) is 46.9. The lowest BCUT2D eigenvalue weighted by molar-refractivity contribution is -0.147. The normalized spacial score (nSPS) is 19.7. The number of fused-ring (bicyclic) bond motifs is 1. The van der Waals surface area contributed by atoms with Crippen LogP contribution in [0.3, 0.4) is 0 Å². The van der Waals surface area contributed by atoms with Gasteiger partial charge in [-0.2, -0.15) is 0 Å². The smallest absolute Gasteiger partial charge is 0.341 e. The Bertz CT molecular complexity index is 2590. The predicted octanol–water partition coefficient (Wildman–Crippen LogP) is 7.78. The minimum absolute atomic E-state index is 0.0141. The van der Waals surface area contributed by atoms with Crippen LogP contribution in [-0.2, 0) is 34.8 Å². The van der Waals surface area contributed by atoms with Gasteiger partial charge in [0.05, 0.1) is 50.3 Å². The fraction of sp³-hybridized carbons (Fsp3) is 0.422. The second-order valence-electron chi connectivity index (χ2n) is 16.7. The number of likely N-dealkylation sites (tertiary alicyclic amines) is 1. The lowest BCUT2D eigenvalue weighted by atomic mass is 9.95. The summed E-state index contributed by atoms with van der Waals surface area (Å²) in [6, 6.07) is 8.54. The number of aliphatic imine (C=N–C) groups is 1. The summed E-state index contributed by atoms with van der Waals surface area (Å²) in [5.41, 5.74) is 8.99. The van der Waals surface area contributed by atoms with Crippen molar-refractivity contribution in [2.24, 2.45) is 4.99 Å². The maximum absolute atomic E-state index is 16.1. The summed E-state index contributed by atoms with van der Waals surface area (Å²) in [6.07, 6.45) is 5.05. The molecule has 0 aliphatic carbocycles. The SMILES string of the molecule is COC(=O)C1=C(CN2CC(c3ccc(OP(=O)(CO[C@H](C)CN4C=C(C)CCc5c(N)ncnc54)NCCC(=O)OC(C)C)cc3)C(F)(F)C2)NC(c2nccs2)=NC1c1ccc(F)cc1Cl. The number of nitrogens with zero attached hydrogens (tertiary/aromatic N) is 6. The van der Waals surface area contributed by atoms with Crippen LogP contribution in [-0.4, -0.2) is 102 Å². The van der Waals surface area contributed by atoms with Gasteiger partial charge in [0.15, 0.2) is 10.8 Å². The predicted molar refractivity (Wildman–Crippen MR) is 249 cm³/mol. The zero-order valence-corrected chi connectivity index (χ0v) is 40.0.